The van der Waals surface area contributed by atoms with Gasteiger partial charge in [0.25, 0.3) is 5.91 Å². The van der Waals surface area contributed by atoms with Gasteiger partial charge in [-0.1, -0.05) is 0 Å². The molecule has 0 bridgehead atoms. The molecule has 3 aromatic heterocycles. The third kappa shape index (κ3) is 3.07. The molecule has 8 nitrogen and oxygen atoms in total. The molecule has 0 saturated carbocycles. The van der Waals surface area contributed by atoms with Gasteiger partial charge >= 0.3 is 0 Å². The fraction of sp³-hybridized carbons (Fsp3) is 0.368. The molecule has 4 heterocycles. The van der Waals surface area contributed by atoms with Crippen molar-refractivity contribution in [1.29, 1.82) is 0 Å². The second kappa shape index (κ2) is 6.53. The summed E-state index contributed by atoms with van der Waals surface area (Å²) in [6.07, 6.45) is 3.27. The van der Waals surface area contributed by atoms with Gasteiger partial charge in [0.2, 0.25) is 5.91 Å². The lowest BCUT2D eigenvalue weighted by atomic mass is 10.0. The molecule has 1 aliphatic rings. The third-order valence-electron chi connectivity index (χ3n) is 4.64. The Morgan fingerprint density at radius 2 is 2.11 bits per heavy atom. The van der Waals surface area contributed by atoms with Crippen LogP contribution in [0.1, 0.15) is 37.2 Å². The summed E-state index contributed by atoms with van der Waals surface area (Å²) in [4.78, 5) is 30.7. The first kappa shape index (κ1) is 17.3. The zero-order valence-corrected chi connectivity index (χ0v) is 15.5. The summed E-state index contributed by atoms with van der Waals surface area (Å²) in [5.41, 5.74) is 1.79. The normalized spacial score (nSPS) is 14.6. The van der Waals surface area contributed by atoms with Crippen molar-refractivity contribution in [3.8, 4) is 11.5 Å². The average molecular weight is 367 g/mol. The molecule has 1 saturated heterocycles. The summed E-state index contributed by atoms with van der Waals surface area (Å²) < 4.78 is 7.28. The number of amides is 2. The van der Waals surface area contributed by atoms with Gasteiger partial charge < -0.3 is 14.6 Å². The maximum Gasteiger partial charge on any atom is 0.254 e. The highest BCUT2D eigenvalue weighted by atomic mass is 16.3. The largest absolute Gasteiger partial charge is 0.463 e. The number of fused-ring (bicyclic) bond motifs is 1. The number of pyridine rings is 1. The van der Waals surface area contributed by atoms with E-state index >= 15 is 0 Å². The Bertz CT molecular complexity index is 1000. The Balaban J connectivity index is 1.73. The van der Waals surface area contributed by atoms with Crippen molar-refractivity contribution < 1.29 is 14.0 Å². The van der Waals surface area contributed by atoms with E-state index in [0.717, 1.165) is 0 Å². The van der Waals surface area contributed by atoms with Gasteiger partial charge in [-0.2, -0.15) is 5.10 Å². The fourth-order valence-electron chi connectivity index (χ4n) is 3.32. The molecule has 1 N–H and O–H groups in total. The van der Waals surface area contributed by atoms with Gasteiger partial charge in [0, 0.05) is 26.1 Å². The molecule has 1 aliphatic heterocycles. The van der Waals surface area contributed by atoms with E-state index in [1.807, 2.05) is 19.9 Å². The Morgan fingerprint density at radius 3 is 2.74 bits per heavy atom. The number of aromatic nitrogens is 3. The summed E-state index contributed by atoms with van der Waals surface area (Å²) in [5, 5.41) is 7.96. The van der Waals surface area contributed by atoms with Gasteiger partial charge in [-0.05, 0) is 32.0 Å². The molecule has 0 radical (unpaired) electrons. The Kier molecular flexibility index (Phi) is 4.18. The Labute approximate surface area is 156 Å². The van der Waals surface area contributed by atoms with E-state index in [-0.39, 0.29) is 23.9 Å². The summed E-state index contributed by atoms with van der Waals surface area (Å²) in [6, 6.07) is 5.47. The van der Waals surface area contributed by atoms with E-state index in [1.165, 1.54) is 6.92 Å². The number of furan rings is 1. The highest BCUT2D eigenvalue weighted by molar-refractivity contribution is 6.06. The molecule has 27 heavy (non-hydrogen) atoms. The lowest BCUT2D eigenvalue weighted by molar-refractivity contribution is -0.120. The number of hydrogen-bond donors (Lipinski definition) is 1. The van der Waals surface area contributed by atoms with Crippen LogP contribution in [-0.4, -0.2) is 50.6 Å². The number of carbonyl (C=O) groups excluding carboxylic acids is 2. The minimum Gasteiger partial charge on any atom is -0.463 e. The molecule has 0 aliphatic carbocycles. The lowest BCUT2D eigenvalue weighted by Gasteiger charge is -2.39. The first-order chi connectivity index (χ1) is 12.9. The molecule has 0 aromatic carbocycles. The monoisotopic (exact) mass is 367 g/mol. The predicted molar refractivity (Wildman–Crippen MR) is 99.1 cm³/mol. The van der Waals surface area contributed by atoms with Crippen molar-refractivity contribution in [3.05, 3.63) is 36.2 Å². The zero-order chi connectivity index (χ0) is 19.1. The highest BCUT2D eigenvalue weighted by Gasteiger charge is 2.33. The standard InChI is InChI=1S/C19H21N5O3/c1-11(2)24-18-15(8-20-24)14(7-16(22-18)17-5-4-6-27-17)19(26)23-9-13(10-23)21-12(3)25/h4-8,11,13H,9-10H2,1-3H3,(H,21,25). The first-order valence-electron chi connectivity index (χ1n) is 8.92. The maximum atomic E-state index is 13.1. The molecule has 0 unspecified atom stereocenters. The number of hydrogen-bond acceptors (Lipinski definition) is 5. The summed E-state index contributed by atoms with van der Waals surface area (Å²) in [7, 11) is 0. The molecular weight excluding hydrogens is 346 g/mol. The van der Waals surface area contributed by atoms with Crippen molar-refractivity contribution in [2.45, 2.75) is 32.9 Å². The topological polar surface area (TPSA) is 93.3 Å². The number of nitrogens with one attached hydrogen (secondary N) is 1. The van der Waals surface area contributed by atoms with Gasteiger partial charge in [0.1, 0.15) is 5.69 Å². The second-order valence-electron chi connectivity index (χ2n) is 7.06. The van der Waals surface area contributed by atoms with Crippen LogP contribution in [0, 0.1) is 0 Å². The number of nitrogens with zero attached hydrogens (tertiary/aromatic N) is 4. The van der Waals surface area contributed by atoms with Crippen LogP contribution in [0.15, 0.2) is 35.1 Å². The molecule has 2 amide bonds. The molecule has 8 heteroatoms. The molecular formula is C19H21N5O3. The third-order valence-corrected chi connectivity index (χ3v) is 4.64. The molecule has 1 fully saturated rings. The van der Waals surface area contributed by atoms with Crippen LogP contribution in [0.5, 0.6) is 0 Å². The lowest BCUT2D eigenvalue weighted by Crippen LogP contribution is -2.60. The molecule has 140 valence electrons. The van der Waals surface area contributed by atoms with Crippen LogP contribution < -0.4 is 5.32 Å². The van der Waals surface area contributed by atoms with Crippen molar-refractivity contribution in [2.75, 3.05) is 13.1 Å². The quantitative estimate of drug-likeness (QED) is 0.763. The number of rotatable bonds is 4. The minimum absolute atomic E-state index is 0.00621. The van der Waals surface area contributed by atoms with Gasteiger partial charge in [0.05, 0.1) is 29.5 Å². The zero-order valence-electron chi connectivity index (χ0n) is 15.5. The summed E-state index contributed by atoms with van der Waals surface area (Å²) in [6.45, 7) is 6.51. The van der Waals surface area contributed by atoms with Crippen LogP contribution in [0.3, 0.4) is 0 Å². The van der Waals surface area contributed by atoms with Crippen LogP contribution in [0.25, 0.3) is 22.5 Å². The van der Waals surface area contributed by atoms with Crippen molar-refractivity contribution in [3.63, 3.8) is 0 Å². The van der Waals surface area contributed by atoms with Crippen LogP contribution in [0.4, 0.5) is 0 Å². The molecule has 0 spiro atoms. The van der Waals surface area contributed by atoms with Crippen LogP contribution in [-0.2, 0) is 4.79 Å². The highest BCUT2D eigenvalue weighted by Crippen LogP contribution is 2.28. The smallest absolute Gasteiger partial charge is 0.254 e. The second-order valence-corrected chi connectivity index (χ2v) is 7.06. The number of likely N-dealkylation sites (tertiary alicyclic amines) is 1. The van der Waals surface area contributed by atoms with Crippen LogP contribution >= 0.6 is 0 Å². The van der Waals surface area contributed by atoms with E-state index < -0.39 is 0 Å². The SMILES string of the molecule is CC(=O)NC1CN(C(=O)c2cc(-c3ccco3)nc3c2cnn3C(C)C)C1. The van der Waals surface area contributed by atoms with E-state index in [0.29, 0.717) is 41.1 Å². The average Bonchev–Trinajstić information content (AvgIpc) is 3.25. The van der Waals surface area contributed by atoms with Gasteiger partial charge in [0.15, 0.2) is 11.4 Å². The number of carbonyl (C=O) groups is 2. The summed E-state index contributed by atoms with van der Waals surface area (Å²) in [5.74, 6) is 0.416. The Hall–Kier alpha value is -3.16. The maximum absolute atomic E-state index is 13.1. The molecule has 4 rings (SSSR count). The van der Waals surface area contributed by atoms with E-state index in [2.05, 4.69) is 15.4 Å². The first-order valence-corrected chi connectivity index (χ1v) is 8.92. The van der Waals surface area contributed by atoms with Crippen molar-refractivity contribution >= 4 is 22.8 Å². The van der Waals surface area contributed by atoms with E-state index in [4.69, 9.17) is 4.42 Å². The summed E-state index contributed by atoms with van der Waals surface area (Å²) >= 11 is 0. The van der Waals surface area contributed by atoms with Crippen molar-refractivity contribution in [2.24, 2.45) is 0 Å². The van der Waals surface area contributed by atoms with Gasteiger partial charge in [-0.3, -0.25) is 9.59 Å². The minimum atomic E-state index is -0.0971. The Morgan fingerprint density at radius 1 is 1.33 bits per heavy atom. The van der Waals surface area contributed by atoms with Crippen molar-refractivity contribution in [1.82, 2.24) is 25.0 Å². The van der Waals surface area contributed by atoms with Gasteiger partial charge in [-0.15, -0.1) is 0 Å². The molecule has 0 atom stereocenters. The van der Waals surface area contributed by atoms with Crippen LogP contribution in [0.2, 0.25) is 0 Å². The van der Waals surface area contributed by atoms with E-state index in [9.17, 15) is 9.59 Å². The van der Waals surface area contributed by atoms with Gasteiger partial charge in [-0.25, -0.2) is 9.67 Å². The van der Waals surface area contributed by atoms with E-state index in [1.54, 1.807) is 34.2 Å². The predicted octanol–water partition coefficient (Wildman–Crippen LogP) is 2.23. The fourth-order valence-corrected chi connectivity index (χ4v) is 3.32. The molecule has 3 aromatic rings.